The van der Waals surface area contributed by atoms with E-state index in [4.69, 9.17) is 4.74 Å². The van der Waals surface area contributed by atoms with Crippen LogP contribution in [0.15, 0.2) is 91.5 Å². The second-order valence-electron chi connectivity index (χ2n) is 11.4. The van der Waals surface area contributed by atoms with Crippen LogP contribution in [0.4, 0.5) is 0 Å². The highest BCUT2D eigenvalue weighted by Crippen LogP contribution is 2.35. The van der Waals surface area contributed by atoms with Crippen LogP contribution in [0.3, 0.4) is 0 Å². The van der Waals surface area contributed by atoms with E-state index in [1.54, 1.807) is 0 Å². The van der Waals surface area contributed by atoms with Crippen LogP contribution < -0.4 is 21.7 Å². The van der Waals surface area contributed by atoms with E-state index in [1.807, 2.05) is 48.5 Å². The van der Waals surface area contributed by atoms with Gasteiger partial charge >= 0.3 is 5.97 Å². The molecule has 0 heterocycles. The van der Waals surface area contributed by atoms with E-state index >= 15 is 0 Å². The Morgan fingerprint density at radius 3 is 2.09 bits per heavy atom. The number of unbranched alkanes of at least 4 members (excludes halogenated alkanes) is 1. The van der Waals surface area contributed by atoms with Crippen LogP contribution >= 0.6 is 0 Å². The van der Waals surface area contributed by atoms with Crippen molar-refractivity contribution in [2.75, 3.05) is 13.7 Å². The van der Waals surface area contributed by atoms with Crippen molar-refractivity contribution in [3.8, 4) is 11.1 Å². The van der Waals surface area contributed by atoms with E-state index in [0.29, 0.717) is 19.4 Å². The largest absolute Gasteiger partial charge is 0.467 e. The fraction of sp³-hybridized carbons (Fsp3) is 0.297. The minimum atomic E-state index is -0.924. The summed E-state index contributed by atoms with van der Waals surface area (Å²) in [6.45, 7) is 5.67. The van der Waals surface area contributed by atoms with Crippen molar-refractivity contribution in [3.63, 3.8) is 0 Å². The molecule has 0 bridgehead atoms. The van der Waals surface area contributed by atoms with Gasteiger partial charge < -0.3 is 26.4 Å². The summed E-state index contributed by atoms with van der Waals surface area (Å²) in [6, 6.07) is 24.0. The molecule has 0 aliphatic heterocycles. The summed E-state index contributed by atoms with van der Waals surface area (Å²) in [4.78, 5) is 51.1. The van der Waals surface area contributed by atoms with Crippen molar-refractivity contribution in [2.45, 2.75) is 57.2 Å². The number of esters is 1. The first-order valence-corrected chi connectivity index (χ1v) is 15.6. The normalized spacial score (nSPS) is 12.9. The zero-order valence-electron chi connectivity index (χ0n) is 26.5. The number of rotatable bonds is 15. The molecule has 240 valence electrons. The van der Waals surface area contributed by atoms with Crippen molar-refractivity contribution in [3.05, 3.63) is 97.1 Å². The molecule has 4 aromatic rings. The van der Waals surface area contributed by atoms with Gasteiger partial charge in [0.25, 0.3) is 0 Å². The highest BCUT2D eigenvalue weighted by atomic mass is 16.5. The fourth-order valence-electron chi connectivity index (χ4n) is 5.67. The Balaban J connectivity index is 1.54. The van der Waals surface area contributed by atoms with Crippen molar-refractivity contribution in [1.82, 2.24) is 16.0 Å². The number of carbonyl (C=O) groups excluding carboxylic acids is 4. The maximum absolute atomic E-state index is 13.6. The second kappa shape index (κ2) is 16.3. The first kappa shape index (κ1) is 33.9. The lowest BCUT2D eigenvalue weighted by molar-refractivity contribution is -0.368. The summed E-state index contributed by atoms with van der Waals surface area (Å²) in [5.74, 6) is -1.97. The Bertz CT molecular complexity index is 1700. The van der Waals surface area contributed by atoms with Gasteiger partial charge in [0.1, 0.15) is 18.1 Å². The van der Waals surface area contributed by atoms with Gasteiger partial charge in [0, 0.05) is 13.3 Å². The molecule has 0 saturated carbocycles. The minimum absolute atomic E-state index is 0.178. The molecule has 0 spiro atoms. The van der Waals surface area contributed by atoms with E-state index in [2.05, 4.69) is 58.6 Å². The number of benzene rings is 4. The summed E-state index contributed by atoms with van der Waals surface area (Å²) >= 11 is 0. The number of amides is 3. The zero-order valence-corrected chi connectivity index (χ0v) is 26.5. The lowest BCUT2D eigenvalue weighted by Gasteiger charge is -2.24. The zero-order chi connectivity index (χ0) is 33.1. The van der Waals surface area contributed by atoms with Gasteiger partial charge in [0.05, 0.1) is 13.7 Å². The molecule has 46 heavy (non-hydrogen) atoms. The Hall–Kier alpha value is -5.02. The standard InChI is InChI=1S/C37H42N4O5/c1-4-11-33(37(45)46-3)41-35(43)32(16-9-10-21-38)40-36(44)34(39-24(2)42)22-25-17-19-26(20-18-25)31-23-27-12-5-6-13-28(27)29-14-7-8-15-30(29)31/h4-8,12-15,17-20,23,32-34H,1,9-11,16,21-22,38H2,2-3H3,(H,39,42)(H,40,44)(H,41,43)/p+1/t32-,33-,34-/m0/s1. The number of quaternary nitrogens is 1. The smallest absolute Gasteiger partial charge is 0.328 e. The van der Waals surface area contributed by atoms with Crippen LogP contribution in [0, 0.1) is 0 Å². The van der Waals surface area contributed by atoms with Crippen LogP contribution in [-0.4, -0.2) is 55.5 Å². The maximum Gasteiger partial charge on any atom is 0.328 e. The fourth-order valence-corrected chi connectivity index (χ4v) is 5.67. The second-order valence-corrected chi connectivity index (χ2v) is 11.4. The molecule has 0 aromatic heterocycles. The average molecular weight is 624 g/mol. The first-order valence-electron chi connectivity index (χ1n) is 15.6. The molecular weight excluding hydrogens is 580 g/mol. The Kier molecular flexibility index (Phi) is 12.0. The van der Waals surface area contributed by atoms with Crippen LogP contribution in [0.5, 0.6) is 0 Å². The predicted molar refractivity (Wildman–Crippen MR) is 180 cm³/mol. The van der Waals surface area contributed by atoms with Gasteiger partial charge in [-0.2, -0.15) is 0 Å². The molecule has 9 nitrogen and oxygen atoms in total. The Morgan fingerprint density at radius 2 is 1.43 bits per heavy atom. The number of fused-ring (bicyclic) bond motifs is 3. The number of methoxy groups -OCH3 is 1. The predicted octanol–water partition coefficient (Wildman–Crippen LogP) is 3.84. The quantitative estimate of drug-likeness (QED) is 0.0690. The molecule has 0 radical (unpaired) electrons. The van der Waals surface area contributed by atoms with Crippen molar-refractivity contribution in [2.24, 2.45) is 0 Å². The molecule has 3 amide bonds. The topological polar surface area (TPSA) is 141 Å². The molecule has 0 unspecified atom stereocenters. The molecule has 0 saturated heterocycles. The number of ether oxygens (including phenoxy) is 1. The summed E-state index contributed by atoms with van der Waals surface area (Å²) in [6.07, 6.45) is 3.66. The van der Waals surface area contributed by atoms with Gasteiger partial charge in [-0.25, -0.2) is 4.79 Å². The van der Waals surface area contributed by atoms with Crippen molar-refractivity contribution in [1.29, 1.82) is 0 Å². The highest BCUT2D eigenvalue weighted by Gasteiger charge is 2.29. The summed E-state index contributed by atoms with van der Waals surface area (Å²) in [7, 11) is 1.24. The van der Waals surface area contributed by atoms with E-state index < -0.39 is 35.9 Å². The molecule has 4 aromatic carbocycles. The van der Waals surface area contributed by atoms with Crippen molar-refractivity contribution >= 4 is 45.2 Å². The van der Waals surface area contributed by atoms with Crippen LogP contribution in [0.2, 0.25) is 0 Å². The van der Waals surface area contributed by atoms with Gasteiger partial charge in [0.2, 0.25) is 17.7 Å². The summed E-state index contributed by atoms with van der Waals surface area (Å²) in [5.41, 5.74) is 6.84. The Morgan fingerprint density at radius 1 is 0.804 bits per heavy atom. The van der Waals surface area contributed by atoms with E-state index in [1.165, 1.54) is 30.9 Å². The highest BCUT2D eigenvalue weighted by molar-refractivity contribution is 6.13. The van der Waals surface area contributed by atoms with E-state index in [-0.39, 0.29) is 18.7 Å². The third kappa shape index (κ3) is 8.57. The number of hydrogen-bond acceptors (Lipinski definition) is 5. The number of hydrogen-bond donors (Lipinski definition) is 4. The van der Waals surface area contributed by atoms with Crippen LogP contribution in [0.1, 0.15) is 38.2 Å². The lowest BCUT2D eigenvalue weighted by atomic mass is 9.92. The summed E-state index contributed by atoms with van der Waals surface area (Å²) < 4.78 is 4.81. The third-order valence-corrected chi connectivity index (χ3v) is 8.00. The van der Waals surface area contributed by atoms with Gasteiger partial charge in [0.15, 0.2) is 0 Å². The summed E-state index contributed by atoms with van der Waals surface area (Å²) in [5, 5.41) is 12.9. The molecular formula is C37H43N4O5+. The number of nitrogens with one attached hydrogen (secondary N) is 3. The molecule has 0 aliphatic carbocycles. The molecule has 6 N–H and O–H groups in total. The molecule has 0 fully saturated rings. The number of carbonyl (C=O) groups is 4. The molecule has 9 heteroatoms. The SMILES string of the molecule is C=CC[C@H](NC(=O)[C@H](CCCC[NH3+])NC(=O)[C@H](Cc1ccc(-c2cc3ccccc3c3ccccc23)cc1)NC(C)=O)C(=O)OC. The first-order chi connectivity index (χ1) is 22.2. The van der Waals surface area contributed by atoms with Gasteiger partial charge in [-0.3, -0.25) is 14.4 Å². The third-order valence-electron chi connectivity index (χ3n) is 8.00. The van der Waals surface area contributed by atoms with Crippen molar-refractivity contribution < 1.29 is 29.6 Å². The monoisotopic (exact) mass is 623 g/mol. The molecule has 4 rings (SSSR count). The maximum atomic E-state index is 13.6. The lowest BCUT2D eigenvalue weighted by Crippen LogP contribution is -2.56. The minimum Gasteiger partial charge on any atom is -0.467 e. The Labute approximate surface area is 269 Å². The molecule has 0 aliphatic rings. The van der Waals surface area contributed by atoms with Gasteiger partial charge in [-0.15, -0.1) is 6.58 Å². The van der Waals surface area contributed by atoms with Gasteiger partial charge in [-0.1, -0.05) is 78.9 Å². The van der Waals surface area contributed by atoms with Crippen LogP contribution in [-0.2, 0) is 30.3 Å². The molecule has 3 atom stereocenters. The van der Waals surface area contributed by atoms with Gasteiger partial charge in [-0.05, 0) is 70.0 Å². The van der Waals surface area contributed by atoms with E-state index in [9.17, 15) is 19.2 Å². The average Bonchev–Trinajstić information content (AvgIpc) is 3.06. The van der Waals surface area contributed by atoms with Crippen LogP contribution in [0.25, 0.3) is 32.7 Å². The van der Waals surface area contributed by atoms with E-state index in [0.717, 1.165) is 33.9 Å².